The highest BCUT2D eigenvalue weighted by atomic mass is 28.4. The topological polar surface area (TPSA) is 62.2 Å². The van der Waals surface area contributed by atoms with Crippen LogP contribution in [-0.2, 0) is 6.54 Å². The van der Waals surface area contributed by atoms with Crippen molar-refractivity contribution in [3.05, 3.63) is 23.8 Å². The maximum Gasteiger partial charge on any atom is 0.188 e. The van der Waals surface area contributed by atoms with Crippen molar-refractivity contribution >= 4 is 8.32 Å². The number of ether oxygens (including phenoxy) is 2. The fourth-order valence-corrected chi connectivity index (χ4v) is 3.47. The zero-order valence-electron chi connectivity index (χ0n) is 16.6. The third-order valence-electron chi connectivity index (χ3n) is 5.24. The van der Waals surface area contributed by atoms with E-state index in [0.29, 0.717) is 13.1 Å². The highest BCUT2D eigenvalue weighted by Crippen LogP contribution is 2.39. The van der Waals surface area contributed by atoms with Gasteiger partial charge in [0.1, 0.15) is 11.5 Å². The fraction of sp³-hybridized carbons (Fsp3) is 0.684. The second-order valence-corrected chi connectivity index (χ2v) is 12.2. The first-order chi connectivity index (χ1) is 11.6. The number of aliphatic hydroxyl groups is 1. The summed E-state index contributed by atoms with van der Waals surface area (Å²) in [5.74, 6) is 1.57. The summed E-state index contributed by atoms with van der Waals surface area (Å²) >= 11 is 0. The molecular weight excluding hydrogens is 334 g/mol. The average Bonchev–Trinajstić information content (AvgIpc) is 2.54. The van der Waals surface area contributed by atoms with Gasteiger partial charge in [0.25, 0.3) is 0 Å². The van der Waals surface area contributed by atoms with E-state index >= 15 is 0 Å². The molecule has 1 aromatic rings. The Morgan fingerprint density at radius 1 is 1.12 bits per heavy atom. The molecule has 6 heteroatoms. The molecule has 25 heavy (non-hydrogen) atoms. The van der Waals surface area contributed by atoms with E-state index in [9.17, 15) is 9.90 Å². The van der Waals surface area contributed by atoms with Gasteiger partial charge in [0, 0.05) is 24.7 Å². The Hall–Kier alpha value is -1.08. The Balaban J connectivity index is 2.72. The summed E-state index contributed by atoms with van der Waals surface area (Å²) in [6, 6.07) is 5.82. The highest BCUT2D eigenvalue weighted by Gasteiger charge is 2.37. The van der Waals surface area contributed by atoms with Gasteiger partial charge in [0.15, 0.2) is 8.32 Å². The minimum Gasteiger partial charge on any atom is -0.497 e. The van der Waals surface area contributed by atoms with Gasteiger partial charge >= 0.3 is 0 Å². The largest absolute Gasteiger partial charge is 0.497 e. The van der Waals surface area contributed by atoms with Crippen molar-refractivity contribution in [2.24, 2.45) is 0 Å². The molecular formula is C19H35NO4Si. The summed E-state index contributed by atoms with van der Waals surface area (Å²) in [4.78, 5) is 12.7. The van der Waals surface area contributed by atoms with E-state index in [0.717, 1.165) is 36.4 Å². The van der Waals surface area contributed by atoms with Crippen molar-refractivity contribution < 1.29 is 19.4 Å². The second kappa shape index (κ2) is 9.57. The molecule has 0 amide bonds. The lowest BCUT2D eigenvalue weighted by molar-refractivity contribution is 0.184. The molecule has 0 spiro atoms. The van der Waals surface area contributed by atoms with E-state index < -0.39 is 8.32 Å². The van der Waals surface area contributed by atoms with Crippen molar-refractivity contribution in [1.29, 1.82) is 0 Å². The Labute approximate surface area is 153 Å². The van der Waals surface area contributed by atoms with Crippen molar-refractivity contribution in [2.45, 2.75) is 51.4 Å². The van der Waals surface area contributed by atoms with Gasteiger partial charge in [-0.15, -0.1) is 0 Å². The van der Waals surface area contributed by atoms with Crippen molar-refractivity contribution in [3.63, 3.8) is 0 Å². The monoisotopic (exact) mass is 369 g/mol. The summed E-state index contributed by atoms with van der Waals surface area (Å²) in [5.41, 5.74) is 1.08. The van der Waals surface area contributed by atoms with Gasteiger partial charge < -0.3 is 19.4 Å². The van der Waals surface area contributed by atoms with Crippen LogP contribution in [0.25, 0.3) is 0 Å². The molecule has 1 rings (SSSR count). The number of benzene rings is 1. The van der Waals surface area contributed by atoms with Crippen LogP contribution in [0.1, 0.15) is 32.3 Å². The molecule has 0 unspecified atom stereocenters. The minimum absolute atomic E-state index is 0.0182. The van der Waals surface area contributed by atoms with Crippen molar-refractivity contribution in [1.82, 2.24) is 4.90 Å². The normalized spacial score (nSPS) is 12.5. The van der Waals surface area contributed by atoms with E-state index in [-0.39, 0.29) is 11.6 Å². The predicted molar refractivity (Wildman–Crippen MR) is 105 cm³/mol. The van der Waals surface area contributed by atoms with Crippen LogP contribution in [0.3, 0.4) is 0 Å². The average molecular weight is 370 g/mol. The number of hydrogen-bond donors (Lipinski definition) is 2. The van der Waals surface area contributed by atoms with Gasteiger partial charge in [0.2, 0.25) is 0 Å². The summed E-state index contributed by atoms with van der Waals surface area (Å²) in [6.45, 7) is 10.7. The Morgan fingerprint density at radius 3 is 2.32 bits per heavy atom. The molecule has 0 aromatic heterocycles. The summed E-state index contributed by atoms with van der Waals surface area (Å²) in [5, 5.41) is 9.37. The van der Waals surface area contributed by atoms with Crippen LogP contribution in [-0.4, -0.2) is 57.0 Å². The zero-order chi connectivity index (χ0) is 19.1. The number of methoxy groups -OCH3 is 2. The standard InChI is InChI=1S/C19H35NO4Si/c1-19(2,25(5,6)22)10-7-11-20(12-13-21)15-16-8-9-17(23-3)14-18(16)24-4/h8-9,14,21-22H,7,10-13,15H2,1-6H3. The van der Waals surface area contributed by atoms with Gasteiger partial charge in [-0.1, -0.05) is 19.9 Å². The van der Waals surface area contributed by atoms with Gasteiger partial charge in [-0.05, 0) is 43.6 Å². The van der Waals surface area contributed by atoms with Gasteiger partial charge in [-0.25, -0.2) is 0 Å². The molecule has 144 valence electrons. The molecule has 1 aromatic carbocycles. The Kier molecular flexibility index (Phi) is 8.41. The lowest BCUT2D eigenvalue weighted by Gasteiger charge is -2.35. The molecule has 0 aliphatic rings. The third-order valence-corrected chi connectivity index (χ3v) is 8.80. The Bertz CT molecular complexity index is 529. The fourth-order valence-electron chi connectivity index (χ4n) is 2.69. The second-order valence-electron chi connectivity index (χ2n) is 7.72. The first-order valence-corrected chi connectivity index (χ1v) is 11.9. The summed E-state index contributed by atoms with van der Waals surface area (Å²) < 4.78 is 10.7. The Morgan fingerprint density at radius 2 is 1.80 bits per heavy atom. The van der Waals surface area contributed by atoms with E-state index in [1.54, 1.807) is 14.2 Å². The molecule has 0 aliphatic carbocycles. The zero-order valence-corrected chi connectivity index (χ0v) is 17.6. The molecule has 5 nitrogen and oxygen atoms in total. The van der Waals surface area contributed by atoms with Crippen molar-refractivity contribution in [3.8, 4) is 11.5 Å². The highest BCUT2D eigenvalue weighted by molar-refractivity contribution is 6.72. The molecule has 2 N–H and O–H groups in total. The number of hydrogen-bond acceptors (Lipinski definition) is 5. The molecule has 0 atom stereocenters. The van der Waals surface area contributed by atoms with E-state index in [1.807, 2.05) is 31.3 Å². The molecule has 0 saturated heterocycles. The maximum atomic E-state index is 10.4. The van der Waals surface area contributed by atoms with Crippen LogP contribution in [0.5, 0.6) is 11.5 Å². The van der Waals surface area contributed by atoms with Gasteiger partial charge in [0.05, 0.1) is 20.8 Å². The quantitative estimate of drug-likeness (QED) is 0.586. The van der Waals surface area contributed by atoms with Crippen LogP contribution in [0.4, 0.5) is 0 Å². The minimum atomic E-state index is -2.18. The van der Waals surface area contributed by atoms with Crippen LogP contribution in [0.15, 0.2) is 18.2 Å². The molecule has 0 heterocycles. The summed E-state index contributed by atoms with van der Waals surface area (Å²) in [7, 11) is 1.12. The first-order valence-electron chi connectivity index (χ1n) is 8.91. The maximum absolute atomic E-state index is 10.4. The number of nitrogens with zero attached hydrogens (tertiary/aromatic N) is 1. The van der Waals surface area contributed by atoms with Crippen LogP contribution < -0.4 is 9.47 Å². The predicted octanol–water partition coefficient (Wildman–Crippen LogP) is 3.26. The first kappa shape index (κ1) is 22.0. The van der Waals surface area contributed by atoms with Crippen LogP contribution in [0.2, 0.25) is 18.1 Å². The number of rotatable bonds is 11. The third kappa shape index (κ3) is 6.62. The molecule has 0 saturated carbocycles. The van der Waals surface area contributed by atoms with Gasteiger partial charge in [-0.3, -0.25) is 4.90 Å². The van der Waals surface area contributed by atoms with Gasteiger partial charge in [-0.2, -0.15) is 0 Å². The lowest BCUT2D eigenvalue weighted by Crippen LogP contribution is -2.39. The van der Waals surface area contributed by atoms with E-state index in [4.69, 9.17) is 9.47 Å². The molecule has 0 bridgehead atoms. The SMILES string of the molecule is COc1ccc(CN(CCO)CCCC(C)(C)[Si](C)(C)O)c(OC)c1. The summed E-state index contributed by atoms with van der Waals surface area (Å²) in [6.07, 6.45) is 1.97. The number of aliphatic hydroxyl groups excluding tert-OH is 1. The molecule has 0 radical (unpaired) electrons. The molecule has 0 aliphatic heterocycles. The smallest absolute Gasteiger partial charge is 0.188 e. The lowest BCUT2D eigenvalue weighted by atomic mass is 10.1. The van der Waals surface area contributed by atoms with Crippen molar-refractivity contribution in [2.75, 3.05) is 33.9 Å². The molecule has 0 fully saturated rings. The van der Waals surface area contributed by atoms with E-state index in [2.05, 4.69) is 18.7 Å². The van der Waals surface area contributed by atoms with Crippen LogP contribution >= 0.6 is 0 Å². The van der Waals surface area contributed by atoms with Crippen LogP contribution in [0, 0.1) is 0 Å². The van der Waals surface area contributed by atoms with E-state index in [1.165, 1.54) is 0 Å².